The van der Waals surface area contributed by atoms with E-state index < -0.39 is 0 Å². The van der Waals surface area contributed by atoms with Crippen LogP contribution in [0.4, 0.5) is 5.82 Å². The summed E-state index contributed by atoms with van der Waals surface area (Å²) in [5.41, 5.74) is 0. The Hall–Kier alpha value is -1.46. The van der Waals surface area contributed by atoms with Gasteiger partial charge in [0.05, 0.1) is 11.4 Å². The number of rotatable bonds is 4. The Labute approximate surface area is 120 Å². The summed E-state index contributed by atoms with van der Waals surface area (Å²) >= 11 is 3.43. The van der Waals surface area contributed by atoms with E-state index in [2.05, 4.69) is 58.1 Å². The van der Waals surface area contributed by atoms with Gasteiger partial charge in [-0.25, -0.2) is 9.97 Å². The standard InChI is InChI=1S/C14H15N3S2/c1-9(2)12(11-4-3-6-18-11)17-13-10-5-7-19-14(10)16-8-15-13/h3-9,12H,1-2H3,(H,15,16,17). The Morgan fingerprint density at radius 2 is 2.00 bits per heavy atom. The molecule has 19 heavy (non-hydrogen) atoms. The van der Waals surface area contributed by atoms with Crippen molar-refractivity contribution < 1.29 is 0 Å². The van der Waals surface area contributed by atoms with Crippen LogP contribution in [0.1, 0.15) is 24.8 Å². The van der Waals surface area contributed by atoms with E-state index in [9.17, 15) is 0 Å². The molecule has 0 bridgehead atoms. The zero-order chi connectivity index (χ0) is 13.2. The number of anilines is 1. The van der Waals surface area contributed by atoms with Crippen molar-refractivity contribution in [3.63, 3.8) is 0 Å². The fourth-order valence-corrected chi connectivity index (χ4v) is 3.77. The normalized spacial score (nSPS) is 13.0. The molecule has 0 saturated heterocycles. The van der Waals surface area contributed by atoms with Gasteiger partial charge in [-0.05, 0) is 28.8 Å². The van der Waals surface area contributed by atoms with Crippen molar-refractivity contribution in [3.05, 3.63) is 40.2 Å². The van der Waals surface area contributed by atoms with Crippen LogP contribution in [0.15, 0.2) is 35.3 Å². The minimum atomic E-state index is 0.290. The first-order valence-electron chi connectivity index (χ1n) is 6.24. The van der Waals surface area contributed by atoms with Gasteiger partial charge in [-0.15, -0.1) is 22.7 Å². The molecule has 0 aliphatic carbocycles. The lowest BCUT2D eigenvalue weighted by Gasteiger charge is -2.22. The van der Waals surface area contributed by atoms with Gasteiger partial charge in [-0.2, -0.15) is 0 Å². The zero-order valence-electron chi connectivity index (χ0n) is 10.8. The first-order chi connectivity index (χ1) is 9.25. The van der Waals surface area contributed by atoms with Crippen LogP contribution >= 0.6 is 22.7 Å². The lowest BCUT2D eigenvalue weighted by atomic mass is 10.0. The van der Waals surface area contributed by atoms with Crippen molar-refractivity contribution in [1.29, 1.82) is 0 Å². The SMILES string of the molecule is CC(C)C(Nc1ncnc2sccc12)c1cccs1. The summed E-state index contributed by atoms with van der Waals surface area (Å²) in [5.74, 6) is 1.43. The van der Waals surface area contributed by atoms with Crippen molar-refractivity contribution in [2.75, 3.05) is 5.32 Å². The number of nitrogens with one attached hydrogen (secondary N) is 1. The van der Waals surface area contributed by atoms with E-state index in [-0.39, 0.29) is 6.04 Å². The van der Waals surface area contributed by atoms with Crippen LogP contribution in [0.2, 0.25) is 0 Å². The van der Waals surface area contributed by atoms with Gasteiger partial charge in [0.25, 0.3) is 0 Å². The highest BCUT2D eigenvalue weighted by Crippen LogP contribution is 2.32. The molecule has 1 N–H and O–H groups in total. The van der Waals surface area contributed by atoms with E-state index >= 15 is 0 Å². The molecular weight excluding hydrogens is 274 g/mol. The molecule has 3 rings (SSSR count). The highest BCUT2D eigenvalue weighted by atomic mass is 32.1. The molecule has 1 atom stereocenters. The largest absolute Gasteiger partial charge is 0.362 e. The number of thiophene rings is 2. The van der Waals surface area contributed by atoms with Crippen molar-refractivity contribution in [2.24, 2.45) is 5.92 Å². The predicted molar refractivity (Wildman–Crippen MR) is 82.9 cm³/mol. The van der Waals surface area contributed by atoms with Gasteiger partial charge in [0.15, 0.2) is 0 Å². The Balaban J connectivity index is 1.96. The van der Waals surface area contributed by atoms with Crippen molar-refractivity contribution >= 4 is 38.7 Å². The molecule has 1 unspecified atom stereocenters. The molecule has 5 heteroatoms. The second-order valence-electron chi connectivity index (χ2n) is 4.74. The Morgan fingerprint density at radius 3 is 2.74 bits per heavy atom. The van der Waals surface area contributed by atoms with Crippen LogP contribution in [-0.2, 0) is 0 Å². The summed E-state index contributed by atoms with van der Waals surface area (Å²) in [6.45, 7) is 4.45. The second kappa shape index (κ2) is 5.27. The highest BCUT2D eigenvalue weighted by molar-refractivity contribution is 7.16. The summed E-state index contributed by atoms with van der Waals surface area (Å²) in [7, 11) is 0. The summed E-state index contributed by atoms with van der Waals surface area (Å²) in [5, 5.41) is 8.86. The van der Waals surface area contributed by atoms with Crippen molar-refractivity contribution in [3.8, 4) is 0 Å². The third kappa shape index (κ3) is 2.48. The van der Waals surface area contributed by atoms with E-state index in [0.29, 0.717) is 5.92 Å². The van der Waals surface area contributed by atoms with Gasteiger partial charge in [-0.1, -0.05) is 19.9 Å². The van der Waals surface area contributed by atoms with E-state index in [1.807, 2.05) is 0 Å². The number of hydrogen-bond donors (Lipinski definition) is 1. The molecular formula is C14H15N3S2. The Kier molecular flexibility index (Phi) is 3.48. The Bertz CT molecular complexity index is 658. The smallest absolute Gasteiger partial charge is 0.138 e. The maximum atomic E-state index is 4.40. The van der Waals surface area contributed by atoms with Gasteiger partial charge >= 0.3 is 0 Å². The van der Waals surface area contributed by atoms with Gasteiger partial charge in [-0.3, -0.25) is 0 Å². The third-order valence-corrected chi connectivity index (χ3v) is 4.85. The summed E-state index contributed by atoms with van der Waals surface area (Å²) in [6, 6.07) is 6.64. The fraction of sp³-hybridized carbons (Fsp3) is 0.286. The van der Waals surface area contributed by atoms with Crippen molar-refractivity contribution in [2.45, 2.75) is 19.9 Å². The monoisotopic (exact) mass is 289 g/mol. The van der Waals surface area contributed by atoms with Crippen molar-refractivity contribution in [1.82, 2.24) is 9.97 Å². The van der Waals surface area contributed by atoms with Crippen LogP contribution in [0, 0.1) is 5.92 Å². The van der Waals surface area contributed by atoms with Crippen LogP contribution in [0.25, 0.3) is 10.2 Å². The first kappa shape index (κ1) is 12.6. The summed E-state index contributed by atoms with van der Waals surface area (Å²) < 4.78 is 0. The van der Waals surface area contributed by atoms with Crippen LogP contribution in [0.5, 0.6) is 0 Å². The lowest BCUT2D eigenvalue weighted by molar-refractivity contribution is 0.552. The average molecular weight is 289 g/mol. The quantitative estimate of drug-likeness (QED) is 0.765. The van der Waals surface area contributed by atoms with E-state index in [4.69, 9.17) is 0 Å². The van der Waals surface area contributed by atoms with Crippen LogP contribution < -0.4 is 5.32 Å². The predicted octanol–water partition coefficient (Wildman–Crippen LogP) is 4.56. The number of fused-ring (bicyclic) bond motifs is 1. The molecule has 0 spiro atoms. The van der Waals surface area contributed by atoms with Gasteiger partial charge in [0.1, 0.15) is 17.0 Å². The summed E-state index contributed by atoms with van der Waals surface area (Å²) in [4.78, 5) is 11.1. The van der Waals surface area contributed by atoms with E-state index in [1.165, 1.54) is 4.88 Å². The van der Waals surface area contributed by atoms with Gasteiger partial charge in [0, 0.05) is 4.88 Å². The number of nitrogens with zero attached hydrogens (tertiary/aromatic N) is 2. The topological polar surface area (TPSA) is 37.8 Å². The molecule has 0 aliphatic heterocycles. The van der Waals surface area contributed by atoms with Crippen LogP contribution in [0.3, 0.4) is 0 Å². The zero-order valence-corrected chi connectivity index (χ0v) is 12.5. The number of hydrogen-bond acceptors (Lipinski definition) is 5. The molecule has 3 nitrogen and oxygen atoms in total. The molecule has 3 aromatic rings. The van der Waals surface area contributed by atoms with Gasteiger partial charge < -0.3 is 5.32 Å². The molecule has 98 valence electrons. The molecule has 0 fully saturated rings. The Morgan fingerprint density at radius 1 is 1.11 bits per heavy atom. The van der Waals surface area contributed by atoms with E-state index in [1.54, 1.807) is 29.0 Å². The second-order valence-corrected chi connectivity index (χ2v) is 6.62. The maximum absolute atomic E-state index is 4.40. The number of aromatic nitrogens is 2. The molecule has 3 aromatic heterocycles. The fourth-order valence-electron chi connectivity index (χ4n) is 2.09. The summed E-state index contributed by atoms with van der Waals surface area (Å²) in [6.07, 6.45) is 1.63. The lowest BCUT2D eigenvalue weighted by Crippen LogP contribution is -2.16. The molecule has 3 heterocycles. The molecule has 0 aromatic carbocycles. The third-order valence-electron chi connectivity index (χ3n) is 3.07. The molecule has 0 aliphatic rings. The molecule has 0 saturated carbocycles. The maximum Gasteiger partial charge on any atom is 0.138 e. The first-order valence-corrected chi connectivity index (χ1v) is 8.00. The molecule has 0 amide bonds. The minimum Gasteiger partial charge on any atom is -0.362 e. The average Bonchev–Trinajstić information content (AvgIpc) is 3.06. The van der Waals surface area contributed by atoms with Gasteiger partial charge in [0.2, 0.25) is 0 Å². The van der Waals surface area contributed by atoms with E-state index in [0.717, 1.165) is 16.0 Å². The highest BCUT2D eigenvalue weighted by Gasteiger charge is 2.18. The molecule has 0 radical (unpaired) electrons. The minimum absolute atomic E-state index is 0.290. The van der Waals surface area contributed by atoms with Crippen LogP contribution in [-0.4, -0.2) is 9.97 Å².